The van der Waals surface area contributed by atoms with E-state index in [9.17, 15) is 0 Å². The molecule has 0 aliphatic carbocycles. The first-order valence-corrected chi connectivity index (χ1v) is 9.39. The molecule has 0 aromatic heterocycles. The second-order valence-corrected chi connectivity index (χ2v) is 10.8. The maximum Gasteiger partial charge on any atom is 0.312 e. The number of rotatable bonds is 7. The Bertz CT molecular complexity index is 200. The van der Waals surface area contributed by atoms with Gasteiger partial charge in [-0.05, 0) is 12.1 Å². The van der Waals surface area contributed by atoms with Crippen molar-refractivity contribution in [2.45, 2.75) is 31.5 Å². The first-order chi connectivity index (χ1) is 7.15. The Hall–Kier alpha value is 0.114. The summed E-state index contributed by atoms with van der Waals surface area (Å²) in [7, 11) is 4.67. The second-order valence-electron chi connectivity index (χ2n) is 3.01. The van der Waals surface area contributed by atoms with Gasteiger partial charge in [0.05, 0.1) is 7.11 Å². The smallest absolute Gasteiger partial charge is 0.312 e. The summed E-state index contributed by atoms with van der Waals surface area (Å²) in [5.74, 6) is 0. The first kappa shape index (κ1) is 15.1. The fourth-order valence-electron chi connectivity index (χ4n) is 1.59. The summed E-state index contributed by atoms with van der Waals surface area (Å²) in [6, 6.07) is 2.28. The van der Waals surface area contributed by atoms with Gasteiger partial charge in [0.1, 0.15) is 0 Å². The largest absolute Gasteiger partial charge is 0.551 e. The number of methoxy groups -OCH3 is 3. The van der Waals surface area contributed by atoms with Crippen LogP contribution < -0.4 is 0 Å². The Kier molecular flexibility index (Phi) is 7.45. The van der Waals surface area contributed by atoms with Crippen molar-refractivity contribution >= 4 is 16.0 Å². The molecule has 0 fully saturated rings. The van der Waals surface area contributed by atoms with E-state index in [1.54, 1.807) is 28.4 Å². The Morgan fingerprint density at radius 1 is 0.867 bits per heavy atom. The van der Waals surface area contributed by atoms with Gasteiger partial charge in [-0.2, -0.15) is 0 Å². The summed E-state index contributed by atoms with van der Waals surface area (Å²) >= 11 is 0. The predicted molar refractivity (Wildman–Crippen MR) is 63.2 cm³/mol. The van der Waals surface area contributed by atoms with Gasteiger partial charge in [0.2, 0.25) is 0 Å². The Labute approximate surface area is 95.1 Å². The molecular formula is C9H22O4Si2. The molecule has 15 heavy (non-hydrogen) atoms. The lowest BCUT2D eigenvalue weighted by atomic mass is 11.0. The highest BCUT2D eigenvalue weighted by Crippen LogP contribution is 2.15. The molecule has 0 unspecified atom stereocenters. The van der Waals surface area contributed by atoms with Gasteiger partial charge < -0.3 is 18.6 Å². The van der Waals surface area contributed by atoms with Crippen LogP contribution in [0.15, 0.2) is 0 Å². The maximum absolute atomic E-state index is 5.60. The van der Waals surface area contributed by atoms with Crippen molar-refractivity contribution in [3.8, 4) is 0 Å². The van der Waals surface area contributed by atoms with E-state index >= 15 is 0 Å². The van der Waals surface area contributed by atoms with Crippen molar-refractivity contribution in [2.24, 2.45) is 0 Å². The van der Waals surface area contributed by atoms with Crippen molar-refractivity contribution in [2.75, 3.05) is 28.4 Å². The zero-order valence-electron chi connectivity index (χ0n) is 10.5. The molecule has 0 amide bonds. The van der Waals surface area contributed by atoms with Crippen LogP contribution in [-0.2, 0) is 18.6 Å². The minimum atomic E-state index is -1.24. The van der Waals surface area contributed by atoms with Crippen LogP contribution in [0.3, 0.4) is 0 Å². The maximum atomic E-state index is 5.60. The average Bonchev–Trinajstić information content (AvgIpc) is 2.30. The molecule has 0 spiro atoms. The quantitative estimate of drug-likeness (QED) is 0.505. The standard InChI is InChI=1S/C9H22O4Si2/c1-7-14(8-2)15(13-6)9(10-3,11-4)12-5/h7-8H2,1-6H3. The van der Waals surface area contributed by atoms with Gasteiger partial charge in [-0.1, -0.05) is 13.8 Å². The molecule has 0 bridgehead atoms. The van der Waals surface area contributed by atoms with E-state index < -0.39 is 21.6 Å². The fraction of sp³-hybridized carbons (Fsp3) is 1.00. The number of hydrogen-bond acceptors (Lipinski definition) is 4. The van der Waals surface area contributed by atoms with Crippen LogP contribution in [0, 0.1) is 0 Å². The molecule has 0 atom stereocenters. The molecule has 0 rings (SSSR count). The summed E-state index contributed by atoms with van der Waals surface area (Å²) in [6.07, 6.45) is 0. The topological polar surface area (TPSA) is 36.9 Å². The van der Waals surface area contributed by atoms with Crippen molar-refractivity contribution in [3.63, 3.8) is 0 Å². The molecule has 0 aliphatic heterocycles. The first-order valence-electron chi connectivity index (χ1n) is 5.07. The van der Waals surface area contributed by atoms with E-state index in [0.29, 0.717) is 0 Å². The van der Waals surface area contributed by atoms with Crippen LogP contribution in [0.5, 0.6) is 0 Å². The van der Waals surface area contributed by atoms with Gasteiger partial charge in [0.25, 0.3) is 0 Å². The lowest BCUT2D eigenvalue weighted by Crippen LogP contribution is -2.51. The average molecular weight is 250 g/mol. The van der Waals surface area contributed by atoms with Gasteiger partial charge in [-0.25, -0.2) is 0 Å². The van der Waals surface area contributed by atoms with E-state index in [0.717, 1.165) is 12.1 Å². The number of hydrogen-bond donors (Lipinski definition) is 0. The van der Waals surface area contributed by atoms with Gasteiger partial charge in [-0.3, -0.25) is 0 Å². The highest BCUT2D eigenvalue weighted by Gasteiger charge is 2.39. The fourth-order valence-corrected chi connectivity index (χ4v) is 9.27. The lowest BCUT2D eigenvalue weighted by Gasteiger charge is -2.31. The van der Waals surface area contributed by atoms with E-state index in [1.807, 2.05) is 0 Å². The molecule has 0 aromatic rings. The summed E-state index contributed by atoms with van der Waals surface area (Å²) in [4.78, 5) is 0. The van der Waals surface area contributed by atoms with Crippen LogP contribution in [0.4, 0.5) is 0 Å². The summed E-state index contributed by atoms with van der Waals surface area (Å²) in [5, 5.41) is 0. The summed E-state index contributed by atoms with van der Waals surface area (Å²) in [6.45, 7) is 4.38. The second kappa shape index (κ2) is 7.40. The molecule has 0 aliphatic rings. The lowest BCUT2D eigenvalue weighted by molar-refractivity contribution is -0.300. The molecule has 0 radical (unpaired) electrons. The minimum Gasteiger partial charge on any atom is -0.551 e. The van der Waals surface area contributed by atoms with Gasteiger partial charge in [0, 0.05) is 29.2 Å². The Morgan fingerprint density at radius 2 is 1.27 bits per heavy atom. The van der Waals surface area contributed by atoms with Crippen LogP contribution >= 0.6 is 0 Å². The third kappa shape index (κ3) is 3.28. The highest BCUT2D eigenvalue weighted by molar-refractivity contribution is 6.94. The summed E-state index contributed by atoms with van der Waals surface area (Å²) in [5.41, 5.74) is -0.959. The molecule has 4 nitrogen and oxygen atoms in total. The highest BCUT2D eigenvalue weighted by atomic mass is 28.9. The molecule has 6 heteroatoms. The molecule has 0 heterocycles. The van der Waals surface area contributed by atoms with Crippen LogP contribution in [-0.4, -0.2) is 50.1 Å². The normalized spacial score (nSPS) is 11.3. The zero-order chi connectivity index (χ0) is 11.9. The number of ether oxygens (including phenoxy) is 3. The van der Waals surface area contributed by atoms with Gasteiger partial charge >= 0.3 is 13.7 Å². The molecule has 0 saturated heterocycles. The molecule has 0 N–H and O–H groups in total. The van der Waals surface area contributed by atoms with Crippen LogP contribution in [0.1, 0.15) is 13.8 Å². The van der Waals surface area contributed by atoms with E-state index in [2.05, 4.69) is 13.8 Å². The van der Waals surface area contributed by atoms with Gasteiger partial charge in [0.15, 0.2) is 0 Å². The van der Waals surface area contributed by atoms with Crippen molar-refractivity contribution < 1.29 is 18.6 Å². The van der Waals surface area contributed by atoms with E-state index in [-0.39, 0.29) is 0 Å². The van der Waals surface area contributed by atoms with Gasteiger partial charge in [-0.15, -0.1) is 0 Å². The molecule has 0 aromatic carbocycles. The van der Waals surface area contributed by atoms with Crippen molar-refractivity contribution in [3.05, 3.63) is 0 Å². The van der Waals surface area contributed by atoms with Crippen molar-refractivity contribution in [1.82, 2.24) is 0 Å². The minimum absolute atomic E-state index is 0.600. The summed E-state index contributed by atoms with van der Waals surface area (Å²) < 4.78 is 21.7. The molecular weight excluding hydrogens is 228 g/mol. The molecule has 0 saturated carbocycles. The predicted octanol–water partition coefficient (Wildman–Crippen LogP) is 1.37. The van der Waals surface area contributed by atoms with E-state index in [1.165, 1.54) is 0 Å². The third-order valence-electron chi connectivity index (χ3n) is 2.46. The van der Waals surface area contributed by atoms with Crippen LogP contribution in [0.25, 0.3) is 0 Å². The SMILES string of the molecule is CC[Si](CC)=[Si](OC)C(OC)(OC)OC. The monoisotopic (exact) mass is 250 g/mol. The third-order valence-corrected chi connectivity index (χ3v) is 12.0. The Morgan fingerprint density at radius 3 is 1.47 bits per heavy atom. The van der Waals surface area contributed by atoms with Crippen LogP contribution in [0.2, 0.25) is 12.1 Å². The van der Waals surface area contributed by atoms with Crippen molar-refractivity contribution in [1.29, 1.82) is 0 Å². The van der Waals surface area contributed by atoms with E-state index in [4.69, 9.17) is 18.6 Å². The Balaban J connectivity index is 5.30. The molecule has 90 valence electrons. The zero-order valence-corrected chi connectivity index (χ0v) is 12.5.